The van der Waals surface area contributed by atoms with Crippen molar-refractivity contribution in [3.8, 4) is 11.5 Å². The van der Waals surface area contributed by atoms with E-state index in [2.05, 4.69) is 0 Å². The Morgan fingerprint density at radius 1 is 1.20 bits per heavy atom. The molecule has 0 heterocycles. The molecule has 0 atom stereocenters. The summed E-state index contributed by atoms with van der Waals surface area (Å²) in [7, 11) is 1.60. The molecule has 0 aliphatic heterocycles. The van der Waals surface area contributed by atoms with Crippen molar-refractivity contribution < 1.29 is 13.9 Å². The fraction of sp³-hybridized carbons (Fsp3) is 0.133. The number of hydrogen-bond acceptors (Lipinski definition) is 3. The molecular weight excluding hydrogens is 277 g/mol. The highest BCUT2D eigenvalue weighted by Gasteiger charge is 2.06. The predicted molar refractivity (Wildman–Crippen MR) is 79.6 cm³/mol. The number of thiocarbonyl (C=S) groups is 1. The average molecular weight is 291 g/mol. The van der Waals surface area contributed by atoms with Crippen LogP contribution < -0.4 is 15.2 Å². The standard InChI is InChI=1S/C15H14FNO2S/c1-18-12-5-2-10(3-6-12)9-19-14-7-4-11(15(17)20)8-13(14)16/h2-8H,9H2,1H3,(H2,17,20). The Kier molecular flexibility index (Phi) is 4.53. The first-order chi connectivity index (χ1) is 9.60. The zero-order chi connectivity index (χ0) is 14.5. The van der Waals surface area contributed by atoms with Gasteiger partial charge in [-0.2, -0.15) is 0 Å². The molecule has 0 saturated carbocycles. The molecule has 104 valence electrons. The Labute approximate surface area is 122 Å². The van der Waals surface area contributed by atoms with Crippen LogP contribution in [0.15, 0.2) is 42.5 Å². The van der Waals surface area contributed by atoms with Crippen molar-refractivity contribution in [2.24, 2.45) is 5.73 Å². The molecule has 0 spiro atoms. The van der Waals surface area contributed by atoms with Gasteiger partial charge in [0.25, 0.3) is 0 Å². The highest BCUT2D eigenvalue weighted by atomic mass is 32.1. The van der Waals surface area contributed by atoms with Gasteiger partial charge in [0.15, 0.2) is 11.6 Å². The first-order valence-electron chi connectivity index (χ1n) is 5.95. The van der Waals surface area contributed by atoms with Crippen LogP contribution >= 0.6 is 12.2 Å². The van der Waals surface area contributed by atoms with E-state index in [1.165, 1.54) is 12.1 Å². The predicted octanol–water partition coefficient (Wildman–Crippen LogP) is 3.05. The number of hydrogen-bond donors (Lipinski definition) is 1. The third kappa shape index (κ3) is 3.45. The normalized spacial score (nSPS) is 10.1. The van der Waals surface area contributed by atoms with E-state index in [0.29, 0.717) is 5.56 Å². The summed E-state index contributed by atoms with van der Waals surface area (Å²) >= 11 is 4.79. The van der Waals surface area contributed by atoms with E-state index in [1.54, 1.807) is 13.2 Å². The van der Waals surface area contributed by atoms with Crippen LogP contribution in [-0.2, 0) is 6.61 Å². The molecule has 0 fully saturated rings. The molecular formula is C15H14FNO2S. The average Bonchev–Trinajstić information content (AvgIpc) is 2.46. The van der Waals surface area contributed by atoms with E-state index >= 15 is 0 Å². The van der Waals surface area contributed by atoms with E-state index < -0.39 is 5.82 Å². The highest BCUT2D eigenvalue weighted by Crippen LogP contribution is 2.20. The monoisotopic (exact) mass is 291 g/mol. The van der Waals surface area contributed by atoms with Crippen LogP contribution in [0.2, 0.25) is 0 Å². The van der Waals surface area contributed by atoms with Crippen LogP contribution in [0.5, 0.6) is 11.5 Å². The lowest BCUT2D eigenvalue weighted by molar-refractivity contribution is 0.290. The molecule has 0 aliphatic carbocycles. The highest BCUT2D eigenvalue weighted by molar-refractivity contribution is 7.80. The zero-order valence-electron chi connectivity index (χ0n) is 10.9. The number of rotatable bonds is 5. The number of halogens is 1. The van der Waals surface area contributed by atoms with Gasteiger partial charge in [0.2, 0.25) is 0 Å². The van der Waals surface area contributed by atoms with Crippen molar-refractivity contribution in [3.63, 3.8) is 0 Å². The van der Waals surface area contributed by atoms with Gasteiger partial charge in [-0.05, 0) is 35.9 Å². The van der Waals surface area contributed by atoms with E-state index in [-0.39, 0.29) is 17.3 Å². The summed E-state index contributed by atoms with van der Waals surface area (Å²) in [4.78, 5) is 0.158. The molecule has 0 unspecified atom stereocenters. The molecule has 2 rings (SSSR count). The van der Waals surface area contributed by atoms with Gasteiger partial charge in [0.1, 0.15) is 17.3 Å². The molecule has 3 nitrogen and oxygen atoms in total. The van der Waals surface area contributed by atoms with Crippen LogP contribution in [0.1, 0.15) is 11.1 Å². The smallest absolute Gasteiger partial charge is 0.165 e. The summed E-state index contributed by atoms with van der Waals surface area (Å²) < 4.78 is 24.3. The second-order valence-electron chi connectivity index (χ2n) is 4.15. The van der Waals surface area contributed by atoms with Gasteiger partial charge >= 0.3 is 0 Å². The molecule has 0 bridgehead atoms. The molecule has 20 heavy (non-hydrogen) atoms. The summed E-state index contributed by atoms with van der Waals surface area (Å²) in [5, 5.41) is 0. The fourth-order valence-corrected chi connectivity index (χ4v) is 1.78. The van der Waals surface area contributed by atoms with E-state index in [1.807, 2.05) is 24.3 Å². The minimum Gasteiger partial charge on any atom is -0.497 e. The van der Waals surface area contributed by atoms with E-state index in [0.717, 1.165) is 11.3 Å². The van der Waals surface area contributed by atoms with Gasteiger partial charge in [-0.3, -0.25) is 0 Å². The van der Waals surface area contributed by atoms with Gasteiger partial charge in [0, 0.05) is 5.56 Å². The third-order valence-electron chi connectivity index (χ3n) is 2.77. The van der Waals surface area contributed by atoms with Crippen molar-refractivity contribution >= 4 is 17.2 Å². The molecule has 0 aliphatic rings. The lowest BCUT2D eigenvalue weighted by Crippen LogP contribution is -2.09. The minimum atomic E-state index is -0.483. The lowest BCUT2D eigenvalue weighted by atomic mass is 10.2. The van der Waals surface area contributed by atoms with Crippen molar-refractivity contribution in [1.82, 2.24) is 0 Å². The maximum absolute atomic E-state index is 13.8. The second-order valence-corrected chi connectivity index (χ2v) is 4.59. The van der Waals surface area contributed by atoms with E-state index in [9.17, 15) is 4.39 Å². The van der Waals surface area contributed by atoms with Gasteiger partial charge in [0.05, 0.1) is 7.11 Å². The molecule has 2 aromatic carbocycles. The van der Waals surface area contributed by atoms with Crippen molar-refractivity contribution in [2.45, 2.75) is 6.61 Å². The maximum Gasteiger partial charge on any atom is 0.165 e. The second kappa shape index (κ2) is 6.34. The molecule has 0 radical (unpaired) electrons. The Hall–Kier alpha value is -2.14. The Morgan fingerprint density at radius 3 is 2.45 bits per heavy atom. The Balaban J connectivity index is 2.04. The summed E-state index contributed by atoms with van der Waals surface area (Å²) in [6.07, 6.45) is 0. The molecule has 2 aromatic rings. The van der Waals surface area contributed by atoms with Crippen molar-refractivity contribution in [2.75, 3.05) is 7.11 Å². The zero-order valence-corrected chi connectivity index (χ0v) is 11.7. The van der Waals surface area contributed by atoms with Gasteiger partial charge < -0.3 is 15.2 Å². The van der Waals surface area contributed by atoms with Gasteiger partial charge in [-0.1, -0.05) is 24.4 Å². The topological polar surface area (TPSA) is 44.5 Å². The first-order valence-corrected chi connectivity index (χ1v) is 6.36. The molecule has 0 amide bonds. The largest absolute Gasteiger partial charge is 0.497 e. The summed E-state index contributed by atoms with van der Waals surface area (Å²) in [5.41, 5.74) is 6.84. The molecule has 2 N–H and O–H groups in total. The minimum absolute atomic E-state index is 0.158. The summed E-state index contributed by atoms with van der Waals surface area (Å²) in [6, 6.07) is 11.8. The number of benzene rings is 2. The van der Waals surface area contributed by atoms with Gasteiger partial charge in [-0.25, -0.2) is 4.39 Å². The number of nitrogens with two attached hydrogens (primary N) is 1. The molecule has 0 saturated heterocycles. The Bertz CT molecular complexity index is 614. The van der Waals surface area contributed by atoms with Crippen molar-refractivity contribution in [1.29, 1.82) is 0 Å². The Morgan fingerprint density at radius 2 is 1.90 bits per heavy atom. The maximum atomic E-state index is 13.8. The lowest BCUT2D eigenvalue weighted by Gasteiger charge is -2.09. The first kappa shape index (κ1) is 14.3. The van der Waals surface area contributed by atoms with Gasteiger partial charge in [-0.15, -0.1) is 0 Å². The molecule has 5 heteroatoms. The summed E-state index contributed by atoms with van der Waals surface area (Å²) in [5.74, 6) is 0.449. The van der Waals surface area contributed by atoms with Crippen LogP contribution in [0, 0.1) is 5.82 Å². The van der Waals surface area contributed by atoms with Crippen LogP contribution in [0.25, 0.3) is 0 Å². The van der Waals surface area contributed by atoms with Crippen LogP contribution in [-0.4, -0.2) is 12.1 Å². The SMILES string of the molecule is COc1ccc(COc2ccc(C(N)=S)cc2F)cc1. The van der Waals surface area contributed by atoms with Crippen LogP contribution in [0.3, 0.4) is 0 Å². The third-order valence-corrected chi connectivity index (χ3v) is 3.01. The van der Waals surface area contributed by atoms with Crippen LogP contribution in [0.4, 0.5) is 4.39 Å². The van der Waals surface area contributed by atoms with E-state index in [4.69, 9.17) is 27.4 Å². The fourth-order valence-electron chi connectivity index (χ4n) is 1.65. The molecule has 0 aromatic heterocycles. The quantitative estimate of drug-likeness (QED) is 0.860. The number of ether oxygens (including phenoxy) is 2. The van der Waals surface area contributed by atoms with Crippen molar-refractivity contribution in [3.05, 3.63) is 59.4 Å². The number of methoxy groups -OCH3 is 1. The summed E-state index contributed by atoms with van der Waals surface area (Å²) in [6.45, 7) is 0.271.